The van der Waals surface area contributed by atoms with Gasteiger partial charge in [-0.25, -0.2) is 4.79 Å². The quantitative estimate of drug-likeness (QED) is 0.194. The number of urea groups is 1. The van der Waals surface area contributed by atoms with Crippen molar-refractivity contribution in [2.45, 2.75) is 37.5 Å². The lowest BCUT2D eigenvalue weighted by molar-refractivity contribution is -0.0929. The molecule has 1 heterocycles. The molecule has 0 saturated carbocycles. The summed E-state index contributed by atoms with van der Waals surface area (Å²) in [7, 11) is -4.05. The molecular weight excluding hydrogens is 509 g/mol. The molecule has 3 rings (SSSR count). The summed E-state index contributed by atoms with van der Waals surface area (Å²) in [6.45, 7) is 1.03. The number of alkyl halides is 2. The fourth-order valence-electron chi connectivity index (χ4n) is 3.94. The first-order valence-electron chi connectivity index (χ1n) is 11.6. The molecular formula is C25H31F2N2O5PS. The molecule has 0 spiro atoms. The number of halogens is 2. The van der Waals surface area contributed by atoms with Gasteiger partial charge >= 0.3 is 19.5 Å². The van der Waals surface area contributed by atoms with Gasteiger partial charge in [0, 0.05) is 25.2 Å². The Bertz CT molecular complexity index is 1050. The van der Waals surface area contributed by atoms with Crippen molar-refractivity contribution in [1.29, 1.82) is 0 Å². The number of hydrogen-bond donors (Lipinski definition) is 3. The third-order valence-corrected chi connectivity index (χ3v) is 8.44. The number of unbranched alkanes of at least 4 members (excludes halogenated alkanes) is 1. The number of carbonyl (C=O) groups is 1. The van der Waals surface area contributed by atoms with Crippen molar-refractivity contribution in [2.24, 2.45) is 0 Å². The van der Waals surface area contributed by atoms with Crippen molar-refractivity contribution >= 4 is 25.4 Å². The van der Waals surface area contributed by atoms with Crippen molar-refractivity contribution in [3.05, 3.63) is 83.9 Å². The lowest BCUT2D eigenvalue weighted by Crippen LogP contribution is -2.35. The van der Waals surface area contributed by atoms with Gasteiger partial charge in [-0.3, -0.25) is 4.57 Å². The molecule has 0 aliphatic carbocycles. The fourth-order valence-corrected chi connectivity index (χ4v) is 5.82. The highest BCUT2D eigenvalue weighted by Gasteiger charge is 2.40. The largest absolute Gasteiger partial charge is 0.382 e. The average molecular weight is 541 g/mol. The standard InChI is InChI=1S/C25H31F2N2O5PS/c26-25(27,21-11-5-2-6-12-21)23(30)14-13-22-18-28(17-20-9-3-1-4-10-20)24(31)29(22)15-7-8-16-36-19-35(32,33)34/h1-6,9-14,22-23,30H,7-8,15-19H2,(H2,32,33,34). The Morgan fingerprint density at radius 3 is 2.36 bits per heavy atom. The highest BCUT2D eigenvalue weighted by Crippen LogP contribution is 2.38. The summed E-state index contributed by atoms with van der Waals surface area (Å²) in [5, 5.41) is 10.3. The molecule has 0 bridgehead atoms. The van der Waals surface area contributed by atoms with Crippen LogP contribution >= 0.6 is 19.4 Å². The summed E-state index contributed by atoms with van der Waals surface area (Å²) in [6.07, 6.45) is 1.70. The van der Waals surface area contributed by atoms with E-state index in [1.807, 2.05) is 30.3 Å². The lowest BCUT2D eigenvalue weighted by atomic mass is 10.0. The van der Waals surface area contributed by atoms with Crippen LogP contribution in [0, 0.1) is 0 Å². The maximum absolute atomic E-state index is 14.7. The van der Waals surface area contributed by atoms with E-state index in [1.165, 1.54) is 30.3 Å². The van der Waals surface area contributed by atoms with Crippen molar-refractivity contribution in [3.63, 3.8) is 0 Å². The topological polar surface area (TPSA) is 101 Å². The molecule has 11 heteroatoms. The lowest BCUT2D eigenvalue weighted by Gasteiger charge is -2.23. The zero-order chi connectivity index (χ0) is 26.2. The second-order valence-electron chi connectivity index (χ2n) is 8.64. The third kappa shape index (κ3) is 8.15. The van der Waals surface area contributed by atoms with Crippen LogP contribution in [0.1, 0.15) is 24.0 Å². The van der Waals surface area contributed by atoms with Crippen molar-refractivity contribution in [3.8, 4) is 0 Å². The highest BCUT2D eigenvalue weighted by atomic mass is 32.2. The van der Waals surface area contributed by atoms with Gasteiger partial charge in [0.1, 0.15) is 6.10 Å². The van der Waals surface area contributed by atoms with Gasteiger partial charge in [0.05, 0.1) is 11.5 Å². The summed E-state index contributed by atoms with van der Waals surface area (Å²) >= 11 is 1.15. The van der Waals surface area contributed by atoms with Gasteiger partial charge in [0.25, 0.3) is 0 Å². The zero-order valence-electron chi connectivity index (χ0n) is 19.7. The number of carbonyl (C=O) groups excluding carboxylic acids is 1. The summed E-state index contributed by atoms with van der Waals surface area (Å²) in [5.74, 6) is -2.95. The second kappa shape index (κ2) is 12.8. The van der Waals surface area contributed by atoms with E-state index in [2.05, 4.69) is 0 Å². The van der Waals surface area contributed by atoms with Gasteiger partial charge < -0.3 is 24.7 Å². The van der Waals surface area contributed by atoms with Gasteiger partial charge in [0.2, 0.25) is 0 Å². The van der Waals surface area contributed by atoms with Crippen LogP contribution in [0.25, 0.3) is 0 Å². The Morgan fingerprint density at radius 1 is 1.08 bits per heavy atom. The summed E-state index contributed by atoms with van der Waals surface area (Å²) in [6, 6.07) is 15.8. The Balaban J connectivity index is 1.66. The number of aliphatic hydroxyl groups is 1. The maximum atomic E-state index is 14.7. The van der Waals surface area contributed by atoms with Crippen LogP contribution in [0.5, 0.6) is 0 Å². The number of amides is 2. The first-order chi connectivity index (χ1) is 17.1. The van der Waals surface area contributed by atoms with Crippen LogP contribution in [0.4, 0.5) is 13.6 Å². The van der Waals surface area contributed by atoms with Crippen LogP contribution < -0.4 is 0 Å². The van der Waals surface area contributed by atoms with Gasteiger partial charge in [-0.15, -0.1) is 11.8 Å². The summed E-state index contributed by atoms with van der Waals surface area (Å²) < 4.78 is 40.4. The van der Waals surface area contributed by atoms with Crippen LogP contribution in [-0.2, 0) is 17.0 Å². The Kier molecular flexibility index (Phi) is 10.1. The highest BCUT2D eigenvalue weighted by molar-refractivity contribution is 8.04. The van der Waals surface area contributed by atoms with E-state index in [9.17, 15) is 23.2 Å². The number of thioether (sulfide) groups is 1. The smallest absolute Gasteiger partial charge is 0.335 e. The molecule has 0 aromatic heterocycles. The molecule has 3 N–H and O–H groups in total. The van der Waals surface area contributed by atoms with Crippen LogP contribution in [0.2, 0.25) is 0 Å². The molecule has 36 heavy (non-hydrogen) atoms. The van der Waals surface area contributed by atoms with Crippen molar-refractivity contribution in [1.82, 2.24) is 9.80 Å². The van der Waals surface area contributed by atoms with Gasteiger partial charge in [-0.05, 0) is 24.2 Å². The Morgan fingerprint density at radius 2 is 1.72 bits per heavy atom. The summed E-state index contributed by atoms with van der Waals surface area (Å²) in [4.78, 5) is 34.3. The predicted molar refractivity (Wildman–Crippen MR) is 137 cm³/mol. The Hall–Kier alpha value is -2.23. The number of rotatable bonds is 13. The molecule has 0 radical (unpaired) electrons. The number of benzene rings is 2. The zero-order valence-corrected chi connectivity index (χ0v) is 21.4. The molecule has 2 aromatic rings. The molecule has 1 aliphatic rings. The minimum Gasteiger partial charge on any atom is -0.382 e. The molecule has 1 fully saturated rings. The average Bonchev–Trinajstić information content (AvgIpc) is 3.14. The van der Waals surface area contributed by atoms with Gasteiger partial charge in [-0.1, -0.05) is 72.8 Å². The first kappa shape index (κ1) is 28.3. The van der Waals surface area contributed by atoms with Crippen molar-refractivity contribution in [2.75, 3.05) is 24.3 Å². The molecule has 2 aromatic carbocycles. The molecule has 2 amide bonds. The number of aliphatic hydroxyl groups excluding tert-OH is 1. The van der Waals surface area contributed by atoms with Gasteiger partial charge in [0.15, 0.2) is 0 Å². The normalized spacial score (nSPS) is 17.8. The van der Waals surface area contributed by atoms with E-state index >= 15 is 0 Å². The van der Waals surface area contributed by atoms with E-state index in [4.69, 9.17) is 9.79 Å². The Labute approximate surface area is 214 Å². The van der Waals surface area contributed by atoms with Crippen molar-refractivity contribution < 1.29 is 33.0 Å². The molecule has 2 unspecified atom stereocenters. The first-order valence-corrected chi connectivity index (χ1v) is 14.5. The molecule has 1 saturated heterocycles. The minimum atomic E-state index is -4.05. The van der Waals surface area contributed by atoms with Crippen LogP contribution in [0.3, 0.4) is 0 Å². The molecule has 7 nitrogen and oxygen atoms in total. The predicted octanol–water partition coefficient (Wildman–Crippen LogP) is 4.65. The fraction of sp³-hybridized carbons (Fsp3) is 0.400. The molecule has 2 atom stereocenters. The molecule has 196 valence electrons. The van der Waals surface area contributed by atoms with E-state index in [0.717, 1.165) is 23.4 Å². The third-order valence-electron chi connectivity index (χ3n) is 5.78. The van der Waals surface area contributed by atoms with Crippen LogP contribution in [0.15, 0.2) is 72.8 Å². The van der Waals surface area contributed by atoms with E-state index in [-0.39, 0.29) is 17.1 Å². The SMILES string of the molecule is O=C1N(Cc2ccccc2)CC(C=CC(O)C(F)(F)c2ccccc2)N1CCCCSCP(=O)(O)O. The monoisotopic (exact) mass is 540 g/mol. The minimum absolute atomic E-state index is 0.222. The van der Waals surface area contributed by atoms with E-state index in [1.54, 1.807) is 15.9 Å². The maximum Gasteiger partial charge on any atom is 0.335 e. The van der Waals surface area contributed by atoms with Crippen LogP contribution in [-0.4, -0.2) is 67.2 Å². The van der Waals surface area contributed by atoms with E-state index < -0.39 is 25.7 Å². The molecule has 1 aliphatic heterocycles. The number of nitrogens with zero attached hydrogens (tertiary/aromatic N) is 2. The second-order valence-corrected chi connectivity index (χ2v) is 11.8. The van der Waals surface area contributed by atoms with E-state index in [0.29, 0.717) is 38.2 Å². The van der Waals surface area contributed by atoms with Gasteiger partial charge in [-0.2, -0.15) is 8.78 Å². The summed E-state index contributed by atoms with van der Waals surface area (Å²) in [5.41, 5.74) is 0.402. The number of hydrogen-bond acceptors (Lipinski definition) is 4.